The summed E-state index contributed by atoms with van der Waals surface area (Å²) in [5, 5.41) is 21.0. The first kappa shape index (κ1) is 13.4. The summed E-state index contributed by atoms with van der Waals surface area (Å²) in [5.74, 6) is 0.542. The number of nitrogens with one attached hydrogen (secondary N) is 1. The maximum Gasteiger partial charge on any atom is 0.106 e. The minimum absolute atomic E-state index is 0.0872. The van der Waals surface area contributed by atoms with E-state index in [1.165, 1.54) is 0 Å². The number of aliphatic hydroxyl groups excluding tert-OH is 1. The number of aliphatic hydroxyl groups is 1. The molecule has 0 aromatic carbocycles. The summed E-state index contributed by atoms with van der Waals surface area (Å²) in [7, 11) is 0. The molecule has 2 N–H and O–H groups in total. The summed E-state index contributed by atoms with van der Waals surface area (Å²) in [6, 6.07) is 2.34. The fourth-order valence-electron chi connectivity index (χ4n) is 1.54. The van der Waals surface area contributed by atoms with E-state index in [4.69, 9.17) is 10.4 Å². The second kappa shape index (κ2) is 6.80. The van der Waals surface area contributed by atoms with E-state index < -0.39 is 5.54 Å². The third-order valence-electron chi connectivity index (χ3n) is 2.79. The van der Waals surface area contributed by atoms with Gasteiger partial charge in [-0.1, -0.05) is 27.2 Å². The van der Waals surface area contributed by atoms with Gasteiger partial charge in [0.25, 0.3) is 0 Å². The lowest BCUT2D eigenvalue weighted by Gasteiger charge is -2.29. The zero-order valence-electron chi connectivity index (χ0n) is 9.51. The number of nitrogens with zero attached hydrogens (tertiary/aromatic N) is 1. The van der Waals surface area contributed by atoms with Crippen molar-refractivity contribution in [2.24, 2.45) is 5.92 Å². The SMILES string of the molecule is CCC(C)CC(C#N)(CC)NCCO. The predicted octanol–water partition coefficient (Wildman–Crippen LogP) is 1.68. The van der Waals surface area contributed by atoms with Gasteiger partial charge in [-0.2, -0.15) is 5.26 Å². The smallest absolute Gasteiger partial charge is 0.106 e. The molecule has 0 fully saturated rings. The first-order valence-electron chi connectivity index (χ1n) is 5.41. The lowest BCUT2D eigenvalue weighted by molar-refractivity contribution is 0.251. The van der Waals surface area contributed by atoms with E-state index in [-0.39, 0.29) is 6.61 Å². The van der Waals surface area contributed by atoms with Gasteiger partial charge in [-0.3, -0.25) is 5.32 Å². The van der Waals surface area contributed by atoms with E-state index in [2.05, 4.69) is 25.2 Å². The van der Waals surface area contributed by atoms with Gasteiger partial charge in [-0.15, -0.1) is 0 Å². The van der Waals surface area contributed by atoms with Crippen LogP contribution in [0.5, 0.6) is 0 Å². The molecule has 0 aliphatic rings. The molecule has 3 heteroatoms. The summed E-state index contributed by atoms with van der Waals surface area (Å²) in [6.45, 7) is 6.88. The second-order valence-corrected chi connectivity index (χ2v) is 3.92. The van der Waals surface area contributed by atoms with Crippen LogP contribution in [-0.2, 0) is 0 Å². The van der Waals surface area contributed by atoms with Gasteiger partial charge in [0.15, 0.2) is 0 Å². The summed E-state index contributed by atoms with van der Waals surface area (Å²) < 4.78 is 0. The summed E-state index contributed by atoms with van der Waals surface area (Å²) >= 11 is 0. The fraction of sp³-hybridized carbons (Fsp3) is 0.909. The van der Waals surface area contributed by atoms with Crippen LogP contribution in [0.4, 0.5) is 0 Å². The van der Waals surface area contributed by atoms with E-state index in [1.54, 1.807) is 0 Å². The number of nitriles is 1. The Kier molecular flexibility index (Phi) is 6.52. The Balaban J connectivity index is 4.30. The van der Waals surface area contributed by atoms with Crippen LogP contribution in [0.2, 0.25) is 0 Å². The van der Waals surface area contributed by atoms with Crippen molar-refractivity contribution in [3.05, 3.63) is 0 Å². The zero-order valence-corrected chi connectivity index (χ0v) is 9.51. The Hall–Kier alpha value is -0.590. The van der Waals surface area contributed by atoms with Crippen LogP contribution in [-0.4, -0.2) is 23.8 Å². The van der Waals surface area contributed by atoms with E-state index in [9.17, 15) is 0 Å². The third kappa shape index (κ3) is 4.08. The minimum Gasteiger partial charge on any atom is -0.395 e. The molecule has 2 unspecified atom stereocenters. The minimum atomic E-state index is -0.446. The topological polar surface area (TPSA) is 56.0 Å². The lowest BCUT2D eigenvalue weighted by atomic mass is 9.86. The van der Waals surface area contributed by atoms with Gasteiger partial charge in [-0.25, -0.2) is 0 Å². The van der Waals surface area contributed by atoms with Gasteiger partial charge >= 0.3 is 0 Å². The Morgan fingerprint density at radius 3 is 2.50 bits per heavy atom. The molecule has 0 spiro atoms. The standard InChI is InChI=1S/C11H22N2O/c1-4-10(3)8-11(5-2,9-12)13-6-7-14/h10,13-14H,4-8H2,1-3H3. The van der Waals surface area contributed by atoms with Gasteiger partial charge in [0.1, 0.15) is 5.54 Å². The molecule has 0 saturated carbocycles. The second-order valence-electron chi connectivity index (χ2n) is 3.92. The van der Waals surface area contributed by atoms with E-state index in [0.717, 1.165) is 19.3 Å². The summed E-state index contributed by atoms with van der Waals surface area (Å²) in [4.78, 5) is 0. The molecule has 0 heterocycles. The molecule has 82 valence electrons. The van der Waals surface area contributed by atoms with Crippen LogP contribution >= 0.6 is 0 Å². The Morgan fingerprint density at radius 1 is 1.50 bits per heavy atom. The number of β-amino-alcohol motifs (C(OH)–C–C–N with tert-alkyl or cyclic N) is 1. The van der Waals surface area contributed by atoms with Gasteiger partial charge < -0.3 is 5.11 Å². The van der Waals surface area contributed by atoms with E-state index in [1.807, 2.05) is 6.92 Å². The highest BCUT2D eigenvalue weighted by atomic mass is 16.3. The normalized spacial score (nSPS) is 17.1. The average Bonchev–Trinajstić information content (AvgIpc) is 2.24. The van der Waals surface area contributed by atoms with E-state index in [0.29, 0.717) is 12.5 Å². The highest BCUT2D eigenvalue weighted by molar-refractivity contribution is 5.06. The van der Waals surface area contributed by atoms with Crippen LogP contribution in [0.25, 0.3) is 0 Å². The number of hydrogen-bond donors (Lipinski definition) is 2. The number of rotatable bonds is 7. The molecule has 0 radical (unpaired) electrons. The molecule has 3 nitrogen and oxygen atoms in total. The third-order valence-corrected chi connectivity index (χ3v) is 2.79. The van der Waals surface area contributed by atoms with Crippen molar-refractivity contribution in [1.29, 1.82) is 5.26 Å². The quantitative estimate of drug-likeness (QED) is 0.654. The summed E-state index contributed by atoms with van der Waals surface area (Å²) in [5.41, 5.74) is -0.446. The van der Waals surface area contributed by atoms with Crippen molar-refractivity contribution in [3.63, 3.8) is 0 Å². The Morgan fingerprint density at radius 2 is 2.14 bits per heavy atom. The van der Waals surface area contributed by atoms with Gasteiger partial charge in [0, 0.05) is 6.54 Å². The van der Waals surface area contributed by atoms with Crippen molar-refractivity contribution >= 4 is 0 Å². The zero-order chi connectivity index (χ0) is 11.0. The van der Waals surface area contributed by atoms with Crippen molar-refractivity contribution in [1.82, 2.24) is 5.32 Å². The molecule has 14 heavy (non-hydrogen) atoms. The highest BCUT2D eigenvalue weighted by Crippen LogP contribution is 2.21. The largest absolute Gasteiger partial charge is 0.395 e. The Labute approximate surface area is 87.1 Å². The molecular formula is C11H22N2O. The molecule has 0 bridgehead atoms. The predicted molar refractivity (Wildman–Crippen MR) is 57.8 cm³/mol. The molecule has 0 saturated heterocycles. The molecule has 0 aromatic heterocycles. The van der Waals surface area contributed by atoms with Crippen molar-refractivity contribution in [2.75, 3.05) is 13.2 Å². The van der Waals surface area contributed by atoms with Gasteiger partial charge in [0.2, 0.25) is 0 Å². The molecule has 2 atom stereocenters. The average molecular weight is 198 g/mol. The molecular weight excluding hydrogens is 176 g/mol. The Bertz CT molecular complexity index is 188. The van der Waals surface area contributed by atoms with Crippen LogP contribution in [0.15, 0.2) is 0 Å². The van der Waals surface area contributed by atoms with Crippen LogP contribution in [0.1, 0.15) is 40.0 Å². The van der Waals surface area contributed by atoms with Crippen molar-refractivity contribution in [2.45, 2.75) is 45.6 Å². The van der Waals surface area contributed by atoms with Gasteiger partial charge in [-0.05, 0) is 18.8 Å². The highest BCUT2D eigenvalue weighted by Gasteiger charge is 2.28. The first-order chi connectivity index (χ1) is 6.64. The maximum atomic E-state index is 9.15. The first-order valence-corrected chi connectivity index (χ1v) is 5.41. The fourth-order valence-corrected chi connectivity index (χ4v) is 1.54. The van der Waals surface area contributed by atoms with Crippen LogP contribution in [0.3, 0.4) is 0 Å². The molecule has 0 amide bonds. The van der Waals surface area contributed by atoms with E-state index >= 15 is 0 Å². The molecule has 0 aliphatic carbocycles. The van der Waals surface area contributed by atoms with Gasteiger partial charge in [0.05, 0.1) is 12.7 Å². The number of hydrogen-bond acceptors (Lipinski definition) is 3. The lowest BCUT2D eigenvalue weighted by Crippen LogP contribution is -2.45. The monoisotopic (exact) mass is 198 g/mol. The summed E-state index contributed by atoms with van der Waals surface area (Å²) in [6.07, 6.45) is 2.73. The molecule has 0 aliphatic heterocycles. The maximum absolute atomic E-state index is 9.15. The van der Waals surface area contributed by atoms with Crippen LogP contribution < -0.4 is 5.32 Å². The molecule has 0 rings (SSSR count). The van der Waals surface area contributed by atoms with Crippen molar-refractivity contribution in [3.8, 4) is 6.07 Å². The van der Waals surface area contributed by atoms with Crippen LogP contribution in [0, 0.1) is 17.2 Å². The molecule has 0 aromatic rings. The van der Waals surface area contributed by atoms with Crippen molar-refractivity contribution < 1.29 is 5.11 Å².